The lowest BCUT2D eigenvalue weighted by Gasteiger charge is -2.46. The van der Waals surface area contributed by atoms with Crippen molar-refractivity contribution < 1.29 is 4.79 Å². The first kappa shape index (κ1) is 20.0. The zero-order valence-corrected chi connectivity index (χ0v) is 20.8. The average molecular weight is 545 g/mol. The van der Waals surface area contributed by atoms with Gasteiger partial charge in [-0.05, 0) is 78.6 Å². The van der Waals surface area contributed by atoms with Crippen LogP contribution in [0.5, 0.6) is 0 Å². The van der Waals surface area contributed by atoms with Gasteiger partial charge in [-0.3, -0.25) is 4.79 Å². The first-order valence-electron chi connectivity index (χ1n) is 10.5. The van der Waals surface area contributed by atoms with Crippen molar-refractivity contribution in [3.05, 3.63) is 126 Å². The molecule has 0 radical (unpaired) electrons. The molecule has 2 nitrogen and oxygen atoms in total. The monoisotopic (exact) mass is 543 g/mol. The highest BCUT2D eigenvalue weighted by molar-refractivity contribution is 9.10. The van der Waals surface area contributed by atoms with Crippen molar-refractivity contribution >= 4 is 49.0 Å². The predicted octanol–water partition coefficient (Wildman–Crippen LogP) is 7.81. The standard InChI is InChI=1S/C28H19Br2NO/c1-15-3-9-25-23(11-15)28(24-12-16(2)4-10-26(24)31-25)21-8-6-17(29)13-20(21)27(32)19-7-5-18(30)14-22(19)28/h3-14,31H,1-2H3. The van der Waals surface area contributed by atoms with Gasteiger partial charge in [-0.2, -0.15) is 0 Å². The lowest BCUT2D eigenvalue weighted by Crippen LogP contribution is -2.41. The molecule has 1 aliphatic heterocycles. The molecule has 32 heavy (non-hydrogen) atoms. The van der Waals surface area contributed by atoms with E-state index in [1.54, 1.807) is 0 Å². The SMILES string of the molecule is Cc1ccc2c(c1)C1(c3cc(C)ccc3N2)c2ccc(Br)cc2C(=O)c2ccc(Br)cc21. The Kier molecular flexibility index (Phi) is 4.30. The van der Waals surface area contributed by atoms with Crippen molar-refractivity contribution in [2.75, 3.05) is 5.32 Å². The van der Waals surface area contributed by atoms with Crippen molar-refractivity contribution in [1.82, 2.24) is 0 Å². The summed E-state index contributed by atoms with van der Waals surface area (Å²) in [6.07, 6.45) is 0. The fourth-order valence-electron chi connectivity index (χ4n) is 5.37. The van der Waals surface area contributed by atoms with Crippen LogP contribution in [0.4, 0.5) is 11.4 Å². The lowest BCUT2D eigenvalue weighted by atomic mass is 9.57. The summed E-state index contributed by atoms with van der Waals surface area (Å²) in [4.78, 5) is 13.7. The third kappa shape index (κ3) is 2.60. The summed E-state index contributed by atoms with van der Waals surface area (Å²) in [6, 6.07) is 25.3. The molecule has 0 saturated heterocycles. The summed E-state index contributed by atoms with van der Waals surface area (Å²) < 4.78 is 1.87. The van der Waals surface area contributed by atoms with Crippen LogP contribution >= 0.6 is 31.9 Å². The maximum absolute atomic E-state index is 13.7. The number of halogens is 2. The number of rotatable bonds is 0. The minimum atomic E-state index is -0.600. The van der Waals surface area contributed by atoms with Crippen LogP contribution in [0.25, 0.3) is 0 Å². The summed E-state index contributed by atoms with van der Waals surface area (Å²) in [5, 5.41) is 3.66. The smallest absolute Gasteiger partial charge is 0.193 e. The minimum Gasteiger partial charge on any atom is -0.355 e. The number of carbonyl (C=O) groups is 1. The zero-order chi connectivity index (χ0) is 22.2. The molecule has 156 valence electrons. The van der Waals surface area contributed by atoms with Crippen molar-refractivity contribution in [3.63, 3.8) is 0 Å². The molecule has 0 bridgehead atoms. The highest BCUT2D eigenvalue weighted by Gasteiger charge is 2.50. The summed E-state index contributed by atoms with van der Waals surface area (Å²) >= 11 is 7.28. The maximum Gasteiger partial charge on any atom is 0.193 e. The topological polar surface area (TPSA) is 29.1 Å². The number of ketones is 1. The van der Waals surface area contributed by atoms with Crippen LogP contribution in [0.3, 0.4) is 0 Å². The van der Waals surface area contributed by atoms with E-state index < -0.39 is 5.41 Å². The van der Waals surface area contributed by atoms with Crippen LogP contribution in [-0.4, -0.2) is 5.78 Å². The van der Waals surface area contributed by atoms with Crippen LogP contribution in [0.2, 0.25) is 0 Å². The molecule has 0 amide bonds. The summed E-state index contributed by atoms with van der Waals surface area (Å²) in [6.45, 7) is 4.25. The molecule has 0 unspecified atom stereocenters. The molecule has 0 fully saturated rings. The molecule has 6 rings (SSSR count). The molecular weight excluding hydrogens is 526 g/mol. The Hall–Kier alpha value is -2.69. The first-order chi connectivity index (χ1) is 15.4. The normalized spacial score (nSPS) is 14.8. The summed E-state index contributed by atoms with van der Waals surface area (Å²) in [5.41, 5.74) is 9.80. The van der Waals surface area contributed by atoms with E-state index in [4.69, 9.17) is 0 Å². The van der Waals surface area contributed by atoms with Crippen molar-refractivity contribution in [2.24, 2.45) is 0 Å². The van der Waals surface area contributed by atoms with Crippen LogP contribution in [0.1, 0.15) is 49.3 Å². The van der Waals surface area contributed by atoms with E-state index >= 15 is 0 Å². The zero-order valence-electron chi connectivity index (χ0n) is 17.6. The van der Waals surface area contributed by atoms with E-state index in [1.807, 2.05) is 24.3 Å². The number of aryl methyl sites for hydroxylation is 2. The van der Waals surface area contributed by atoms with Gasteiger partial charge < -0.3 is 5.32 Å². The highest BCUT2D eigenvalue weighted by Crippen LogP contribution is 2.57. The van der Waals surface area contributed by atoms with Crippen LogP contribution < -0.4 is 5.32 Å². The van der Waals surface area contributed by atoms with E-state index in [9.17, 15) is 4.79 Å². The number of fused-ring (bicyclic) bond motifs is 8. The van der Waals surface area contributed by atoms with Gasteiger partial charge in [-0.1, -0.05) is 73.3 Å². The number of benzene rings is 4. The number of hydrogen-bond donors (Lipinski definition) is 1. The number of hydrogen-bond acceptors (Lipinski definition) is 2. The molecule has 0 atom stereocenters. The van der Waals surface area contributed by atoms with Crippen LogP contribution in [0, 0.1) is 13.8 Å². The van der Waals surface area contributed by atoms with E-state index in [-0.39, 0.29) is 5.78 Å². The van der Waals surface area contributed by atoms with E-state index in [1.165, 1.54) is 22.3 Å². The molecule has 1 aliphatic carbocycles. The lowest BCUT2D eigenvalue weighted by molar-refractivity contribution is 0.103. The molecule has 1 spiro atoms. The van der Waals surface area contributed by atoms with Gasteiger partial charge in [0.1, 0.15) is 0 Å². The second kappa shape index (κ2) is 6.90. The Morgan fingerprint density at radius 1 is 0.625 bits per heavy atom. The molecule has 4 heteroatoms. The Morgan fingerprint density at radius 2 is 1.22 bits per heavy atom. The van der Waals surface area contributed by atoms with Gasteiger partial charge in [0.25, 0.3) is 0 Å². The number of carbonyl (C=O) groups excluding carboxylic acids is 1. The number of nitrogens with one attached hydrogen (secondary N) is 1. The van der Waals surface area contributed by atoms with Gasteiger partial charge in [0.2, 0.25) is 0 Å². The Morgan fingerprint density at radius 3 is 1.88 bits per heavy atom. The van der Waals surface area contributed by atoms with E-state index in [0.717, 1.165) is 42.6 Å². The van der Waals surface area contributed by atoms with Gasteiger partial charge in [-0.25, -0.2) is 0 Å². The molecule has 0 saturated carbocycles. The predicted molar refractivity (Wildman–Crippen MR) is 136 cm³/mol. The Balaban J connectivity index is 1.89. The third-order valence-electron chi connectivity index (χ3n) is 6.69. The van der Waals surface area contributed by atoms with Crippen LogP contribution in [0.15, 0.2) is 81.7 Å². The fraction of sp³-hybridized carbons (Fsp3) is 0.107. The van der Waals surface area contributed by atoms with Gasteiger partial charge in [0.05, 0.1) is 5.41 Å². The van der Waals surface area contributed by atoms with Crippen molar-refractivity contribution in [3.8, 4) is 0 Å². The first-order valence-corrected chi connectivity index (χ1v) is 12.1. The highest BCUT2D eigenvalue weighted by atomic mass is 79.9. The second-order valence-electron chi connectivity index (χ2n) is 8.68. The molecule has 0 aromatic heterocycles. The van der Waals surface area contributed by atoms with E-state index in [2.05, 4.69) is 99.6 Å². The minimum absolute atomic E-state index is 0.0661. The molecule has 1 N–H and O–H groups in total. The van der Waals surface area contributed by atoms with Crippen LogP contribution in [-0.2, 0) is 5.41 Å². The largest absolute Gasteiger partial charge is 0.355 e. The van der Waals surface area contributed by atoms with Gasteiger partial charge >= 0.3 is 0 Å². The van der Waals surface area contributed by atoms with Crippen molar-refractivity contribution in [1.29, 1.82) is 0 Å². The molecule has 4 aromatic rings. The molecule has 1 heterocycles. The summed E-state index contributed by atoms with van der Waals surface area (Å²) in [5.74, 6) is 0.0661. The molecule has 2 aliphatic rings. The number of anilines is 2. The maximum atomic E-state index is 13.7. The van der Waals surface area contributed by atoms with E-state index in [0.29, 0.717) is 0 Å². The van der Waals surface area contributed by atoms with Gasteiger partial charge in [-0.15, -0.1) is 0 Å². The van der Waals surface area contributed by atoms with Gasteiger partial charge in [0, 0.05) is 31.4 Å². The fourth-order valence-corrected chi connectivity index (χ4v) is 6.09. The second-order valence-corrected chi connectivity index (χ2v) is 10.5. The molecule has 4 aromatic carbocycles. The summed E-state index contributed by atoms with van der Waals surface area (Å²) in [7, 11) is 0. The Labute approximate surface area is 203 Å². The van der Waals surface area contributed by atoms with Gasteiger partial charge in [0.15, 0.2) is 5.78 Å². The third-order valence-corrected chi connectivity index (χ3v) is 7.67. The molecular formula is C28H19Br2NO. The van der Waals surface area contributed by atoms with Crippen molar-refractivity contribution in [2.45, 2.75) is 19.3 Å². The Bertz CT molecular complexity index is 1420. The average Bonchev–Trinajstić information content (AvgIpc) is 2.77. The quantitative estimate of drug-likeness (QED) is 0.211.